The normalized spacial score (nSPS) is 21.2. The van der Waals surface area contributed by atoms with Gasteiger partial charge < -0.3 is 15.6 Å². The van der Waals surface area contributed by atoms with E-state index in [4.69, 9.17) is 5.73 Å². The lowest BCUT2D eigenvalue weighted by molar-refractivity contribution is -0.384. The Morgan fingerprint density at radius 1 is 1.63 bits per heavy atom. The second kappa shape index (κ2) is 5.40. The summed E-state index contributed by atoms with van der Waals surface area (Å²) in [6.07, 6.45) is 4.11. The number of likely N-dealkylation sites (tertiary alicyclic amines) is 1. The van der Waals surface area contributed by atoms with Crippen LogP contribution in [0.4, 0.5) is 5.69 Å². The number of carbonyl (C=O) groups is 1. The summed E-state index contributed by atoms with van der Waals surface area (Å²) < 4.78 is 0. The summed E-state index contributed by atoms with van der Waals surface area (Å²) in [5.41, 5.74) is 6.06. The van der Waals surface area contributed by atoms with Crippen LogP contribution in [0.2, 0.25) is 0 Å². The lowest BCUT2D eigenvalue weighted by Crippen LogP contribution is -2.51. The zero-order valence-electron chi connectivity index (χ0n) is 10.8. The molecule has 7 nitrogen and oxygen atoms in total. The van der Waals surface area contributed by atoms with Crippen LogP contribution >= 0.6 is 0 Å². The molecule has 0 saturated carbocycles. The molecule has 1 fully saturated rings. The second-order valence-corrected chi connectivity index (χ2v) is 4.95. The summed E-state index contributed by atoms with van der Waals surface area (Å²) >= 11 is 0. The number of amides is 1. The Hall–Kier alpha value is -1.89. The number of hydrogen-bond acceptors (Lipinski definition) is 4. The summed E-state index contributed by atoms with van der Waals surface area (Å²) in [4.78, 5) is 26.9. The number of nitrogens with one attached hydrogen (secondary N) is 1. The highest BCUT2D eigenvalue weighted by atomic mass is 16.6. The van der Waals surface area contributed by atoms with Crippen LogP contribution < -0.4 is 5.73 Å². The van der Waals surface area contributed by atoms with E-state index in [1.54, 1.807) is 4.90 Å². The fraction of sp³-hybridized carbons (Fsp3) is 0.583. The first-order valence-electron chi connectivity index (χ1n) is 6.40. The standard InChI is InChI=1S/C12H18N4O3/c1-8(13)11-4-2-3-5-15(11)12(17)10-6-9(7-14-10)16(18)19/h6-8,11,14H,2-5,13H2,1H3. The molecule has 0 aromatic carbocycles. The van der Waals surface area contributed by atoms with Gasteiger partial charge in [-0.25, -0.2) is 0 Å². The molecule has 2 unspecified atom stereocenters. The molecular weight excluding hydrogens is 248 g/mol. The quantitative estimate of drug-likeness (QED) is 0.634. The predicted octanol–water partition coefficient (Wildman–Crippen LogP) is 1.26. The van der Waals surface area contributed by atoms with E-state index >= 15 is 0 Å². The van der Waals surface area contributed by atoms with Gasteiger partial charge in [-0.05, 0) is 26.2 Å². The van der Waals surface area contributed by atoms with E-state index in [1.165, 1.54) is 12.3 Å². The Balaban J connectivity index is 2.18. The molecule has 3 N–H and O–H groups in total. The van der Waals surface area contributed by atoms with E-state index in [0.29, 0.717) is 6.54 Å². The van der Waals surface area contributed by atoms with Crippen molar-refractivity contribution in [1.82, 2.24) is 9.88 Å². The van der Waals surface area contributed by atoms with Gasteiger partial charge in [-0.1, -0.05) is 0 Å². The average molecular weight is 266 g/mol. The number of carbonyl (C=O) groups excluding carboxylic acids is 1. The number of hydrogen-bond donors (Lipinski definition) is 2. The van der Waals surface area contributed by atoms with Crippen LogP contribution in [0, 0.1) is 10.1 Å². The number of aromatic nitrogens is 1. The predicted molar refractivity (Wildman–Crippen MR) is 69.8 cm³/mol. The van der Waals surface area contributed by atoms with E-state index in [2.05, 4.69) is 4.98 Å². The molecule has 2 atom stereocenters. The van der Waals surface area contributed by atoms with E-state index < -0.39 is 4.92 Å². The van der Waals surface area contributed by atoms with E-state index in [9.17, 15) is 14.9 Å². The van der Waals surface area contributed by atoms with Crippen molar-refractivity contribution in [2.45, 2.75) is 38.3 Å². The van der Waals surface area contributed by atoms with Crippen molar-refractivity contribution < 1.29 is 9.72 Å². The van der Waals surface area contributed by atoms with Gasteiger partial charge in [-0.3, -0.25) is 14.9 Å². The van der Waals surface area contributed by atoms with Crippen molar-refractivity contribution in [2.75, 3.05) is 6.54 Å². The number of nitrogens with two attached hydrogens (primary N) is 1. The number of nitrogens with zero attached hydrogens (tertiary/aromatic N) is 2. The molecule has 0 aliphatic carbocycles. The van der Waals surface area contributed by atoms with Gasteiger partial charge in [0, 0.05) is 24.7 Å². The highest BCUT2D eigenvalue weighted by molar-refractivity contribution is 5.93. The third-order valence-electron chi connectivity index (χ3n) is 3.53. The molecule has 1 aliphatic rings. The fourth-order valence-electron chi connectivity index (χ4n) is 2.52. The fourth-order valence-corrected chi connectivity index (χ4v) is 2.52. The lowest BCUT2D eigenvalue weighted by atomic mass is 9.96. The summed E-state index contributed by atoms with van der Waals surface area (Å²) in [5, 5.41) is 10.6. The highest BCUT2D eigenvalue weighted by Gasteiger charge is 2.31. The molecule has 7 heteroatoms. The molecule has 1 aromatic rings. The maximum Gasteiger partial charge on any atom is 0.287 e. The number of H-pyrrole nitrogens is 1. The number of piperidine rings is 1. The third kappa shape index (κ3) is 2.76. The van der Waals surface area contributed by atoms with Crippen molar-refractivity contribution in [3.05, 3.63) is 28.1 Å². The summed E-state index contributed by atoms with van der Waals surface area (Å²) in [5.74, 6) is -0.213. The van der Waals surface area contributed by atoms with Crippen molar-refractivity contribution in [1.29, 1.82) is 0 Å². The van der Waals surface area contributed by atoms with Gasteiger partial charge in [0.25, 0.3) is 11.6 Å². The molecule has 0 radical (unpaired) electrons. The Morgan fingerprint density at radius 3 is 2.95 bits per heavy atom. The van der Waals surface area contributed by atoms with Crippen molar-refractivity contribution >= 4 is 11.6 Å². The van der Waals surface area contributed by atoms with Crippen molar-refractivity contribution in [3.8, 4) is 0 Å². The molecule has 0 bridgehead atoms. The first kappa shape index (κ1) is 13.5. The molecule has 2 rings (SSSR count). The largest absolute Gasteiger partial charge is 0.351 e. The average Bonchev–Trinajstić information content (AvgIpc) is 2.87. The zero-order valence-corrected chi connectivity index (χ0v) is 10.8. The molecule has 19 heavy (non-hydrogen) atoms. The molecule has 1 aliphatic heterocycles. The van der Waals surface area contributed by atoms with Crippen LogP contribution in [-0.2, 0) is 0 Å². The lowest BCUT2D eigenvalue weighted by Gasteiger charge is -2.37. The van der Waals surface area contributed by atoms with Crippen molar-refractivity contribution in [2.24, 2.45) is 5.73 Å². The summed E-state index contributed by atoms with van der Waals surface area (Å²) in [6, 6.07) is 1.17. The summed E-state index contributed by atoms with van der Waals surface area (Å²) in [6.45, 7) is 2.53. The minimum Gasteiger partial charge on any atom is -0.351 e. The first-order valence-corrected chi connectivity index (χ1v) is 6.40. The van der Waals surface area contributed by atoms with Crippen LogP contribution in [0.25, 0.3) is 0 Å². The zero-order chi connectivity index (χ0) is 14.0. The van der Waals surface area contributed by atoms with Crippen LogP contribution in [0.5, 0.6) is 0 Å². The SMILES string of the molecule is CC(N)C1CCCCN1C(=O)c1cc([N+](=O)[O-])c[nH]1. The van der Waals surface area contributed by atoms with E-state index in [1.807, 2.05) is 6.92 Å². The topological polar surface area (TPSA) is 105 Å². The van der Waals surface area contributed by atoms with E-state index in [-0.39, 0.29) is 29.4 Å². The van der Waals surface area contributed by atoms with Crippen molar-refractivity contribution in [3.63, 3.8) is 0 Å². The molecule has 104 valence electrons. The Bertz CT molecular complexity index is 483. The first-order chi connectivity index (χ1) is 9.00. The number of rotatable bonds is 3. The van der Waals surface area contributed by atoms with Gasteiger partial charge in [0.1, 0.15) is 5.69 Å². The summed E-state index contributed by atoms with van der Waals surface area (Å²) in [7, 11) is 0. The minimum absolute atomic E-state index is 0.00334. The maximum atomic E-state index is 12.4. The van der Waals surface area contributed by atoms with Gasteiger partial charge in [0.2, 0.25) is 0 Å². The monoisotopic (exact) mass is 266 g/mol. The molecular formula is C12H18N4O3. The minimum atomic E-state index is -0.521. The number of aromatic amines is 1. The highest BCUT2D eigenvalue weighted by Crippen LogP contribution is 2.22. The smallest absolute Gasteiger partial charge is 0.287 e. The molecule has 1 saturated heterocycles. The van der Waals surface area contributed by atoms with E-state index in [0.717, 1.165) is 19.3 Å². The molecule has 2 heterocycles. The van der Waals surface area contributed by atoms with Gasteiger partial charge in [0.15, 0.2) is 0 Å². The van der Waals surface area contributed by atoms with Crippen LogP contribution in [0.3, 0.4) is 0 Å². The van der Waals surface area contributed by atoms with Crippen LogP contribution in [0.1, 0.15) is 36.7 Å². The van der Waals surface area contributed by atoms with Gasteiger partial charge in [-0.15, -0.1) is 0 Å². The van der Waals surface area contributed by atoms with Gasteiger partial charge in [-0.2, -0.15) is 0 Å². The second-order valence-electron chi connectivity index (χ2n) is 4.95. The van der Waals surface area contributed by atoms with Gasteiger partial charge in [0.05, 0.1) is 11.1 Å². The number of nitro groups is 1. The Kier molecular flexibility index (Phi) is 3.84. The molecule has 1 aromatic heterocycles. The van der Waals surface area contributed by atoms with Crippen LogP contribution in [-0.4, -0.2) is 39.3 Å². The Morgan fingerprint density at radius 2 is 2.37 bits per heavy atom. The maximum absolute atomic E-state index is 12.4. The van der Waals surface area contributed by atoms with Gasteiger partial charge >= 0.3 is 0 Å². The molecule has 1 amide bonds. The molecule has 0 spiro atoms. The van der Waals surface area contributed by atoms with Crippen LogP contribution in [0.15, 0.2) is 12.3 Å². The third-order valence-corrected chi connectivity index (χ3v) is 3.53. The Labute approximate surface area is 110 Å².